The van der Waals surface area contributed by atoms with Gasteiger partial charge in [-0.25, -0.2) is 4.98 Å². The first-order valence-electron chi connectivity index (χ1n) is 5.80. The van der Waals surface area contributed by atoms with E-state index in [1.807, 2.05) is 12.1 Å². The molecule has 0 bridgehead atoms. The topological polar surface area (TPSA) is 36.4 Å². The number of aliphatic hydroxyl groups is 1. The van der Waals surface area contributed by atoms with Crippen LogP contribution >= 0.6 is 11.6 Å². The summed E-state index contributed by atoms with van der Waals surface area (Å²) in [6, 6.07) is 4.31. The fraction of sp³-hybridized carbons (Fsp3) is 0.583. The average Bonchev–Trinajstić information content (AvgIpc) is 2.81. The molecule has 1 saturated carbocycles. The Balaban J connectivity index is 2.14. The molecule has 16 heavy (non-hydrogen) atoms. The lowest BCUT2D eigenvalue weighted by Crippen LogP contribution is -2.36. The fourth-order valence-electron chi connectivity index (χ4n) is 2.35. The van der Waals surface area contributed by atoms with E-state index < -0.39 is 0 Å². The van der Waals surface area contributed by atoms with Crippen LogP contribution in [0.1, 0.15) is 25.7 Å². The lowest BCUT2D eigenvalue weighted by Gasteiger charge is -2.29. The summed E-state index contributed by atoms with van der Waals surface area (Å²) in [5, 5.41) is 9.77. The molecule has 0 aliphatic heterocycles. The number of hydrogen-bond acceptors (Lipinski definition) is 3. The highest BCUT2D eigenvalue weighted by atomic mass is 35.5. The van der Waals surface area contributed by atoms with Crippen LogP contribution in [0, 0.1) is 0 Å². The van der Waals surface area contributed by atoms with Gasteiger partial charge < -0.3 is 10.0 Å². The smallest absolute Gasteiger partial charge is 0.128 e. The Labute approximate surface area is 101 Å². The molecule has 1 heterocycles. The van der Waals surface area contributed by atoms with Crippen LogP contribution in [0.5, 0.6) is 0 Å². The molecule has 0 saturated heterocycles. The van der Waals surface area contributed by atoms with Crippen LogP contribution in [0.2, 0.25) is 5.02 Å². The van der Waals surface area contributed by atoms with E-state index in [9.17, 15) is 0 Å². The van der Waals surface area contributed by atoms with Crippen LogP contribution in [0.4, 0.5) is 5.82 Å². The van der Waals surface area contributed by atoms with Crippen molar-refractivity contribution in [3.05, 3.63) is 23.4 Å². The van der Waals surface area contributed by atoms with Crippen LogP contribution in [-0.4, -0.2) is 29.3 Å². The summed E-state index contributed by atoms with van der Waals surface area (Å²) in [6.45, 7) is 0.820. The Morgan fingerprint density at radius 3 is 2.69 bits per heavy atom. The van der Waals surface area contributed by atoms with Gasteiger partial charge in [0.05, 0.1) is 11.6 Å². The zero-order valence-electron chi connectivity index (χ0n) is 9.27. The minimum atomic E-state index is 0.167. The molecule has 1 aromatic heterocycles. The van der Waals surface area contributed by atoms with E-state index in [1.54, 1.807) is 6.20 Å². The van der Waals surface area contributed by atoms with E-state index in [2.05, 4.69) is 9.88 Å². The van der Waals surface area contributed by atoms with Crippen molar-refractivity contribution in [2.75, 3.05) is 18.1 Å². The molecule has 3 nitrogen and oxygen atoms in total. The monoisotopic (exact) mass is 240 g/mol. The Bertz CT molecular complexity index is 322. The third-order valence-electron chi connectivity index (χ3n) is 3.11. The van der Waals surface area contributed by atoms with E-state index in [4.69, 9.17) is 16.7 Å². The molecule has 4 heteroatoms. The molecule has 0 spiro atoms. The third-order valence-corrected chi connectivity index (χ3v) is 3.34. The van der Waals surface area contributed by atoms with Crippen molar-refractivity contribution in [2.24, 2.45) is 0 Å². The van der Waals surface area contributed by atoms with Gasteiger partial charge in [0.1, 0.15) is 5.82 Å². The van der Waals surface area contributed by atoms with Gasteiger partial charge in [0.15, 0.2) is 0 Å². The van der Waals surface area contributed by atoms with Crippen LogP contribution in [-0.2, 0) is 0 Å². The summed E-state index contributed by atoms with van der Waals surface area (Å²) in [5.74, 6) is 0.922. The Kier molecular flexibility index (Phi) is 4.02. The van der Waals surface area contributed by atoms with Gasteiger partial charge in [0, 0.05) is 18.8 Å². The number of nitrogens with zero attached hydrogens (tertiary/aromatic N) is 2. The predicted octanol–water partition coefficient (Wildman–Crippen LogP) is 2.48. The third kappa shape index (κ3) is 2.66. The standard InChI is InChI=1S/C12H17ClN2O/c13-10-5-6-12(14-9-10)15(7-8-16)11-3-1-2-4-11/h5-6,9,11,16H,1-4,7-8H2. The van der Waals surface area contributed by atoms with Crippen LogP contribution in [0.3, 0.4) is 0 Å². The number of pyridine rings is 1. The number of hydrogen-bond donors (Lipinski definition) is 1. The highest BCUT2D eigenvalue weighted by Gasteiger charge is 2.23. The molecule has 2 rings (SSSR count). The SMILES string of the molecule is OCCN(c1ccc(Cl)cn1)C1CCCC1. The molecule has 0 unspecified atom stereocenters. The van der Waals surface area contributed by atoms with Gasteiger partial charge in [-0.15, -0.1) is 0 Å². The molecule has 0 amide bonds. The first kappa shape index (κ1) is 11.7. The summed E-state index contributed by atoms with van der Waals surface area (Å²) in [7, 11) is 0. The van der Waals surface area contributed by atoms with E-state index >= 15 is 0 Å². The van der Waals surface area contributed by atoms with Crippen LogP contribution in [0.25, 0.3) is 0 Å². The summed E-state index contributed by atoms with van der Waals surface area (Å²) < 4.78 is 0. The molecule has 1 aliphatic rings. The summed E-state index contributed by atoms with van der Waals surface area (Å²) in [5.41, 5.74) is 0. The van der Waals surface area contributed by atoms with Gasteiger partial charge in [0.2, 0.25) is 0 Å². The Morgan fingerprint density at radius 1 is 1.38 bits per heavy atom. The first-order valence-corrected chi connectivity index (χ1v) is 6.18. The molecule has 0 atom stereocenters. The maximum Gasteiger partial charge on any atom is 0.128 e. The highest BCUT2D eigenvalue weighted by molar-refractivity contribution is 6.30. The second kappa shape index (κ2) is 5.51. The van der Waals surface area contributed by atoms with Crippen molar-refractivity contribution in [1.29, 1.82) is 0 Å². The summed E-state index contributed by atoms with van der Waals surface area (Å²) >= 11 is 5.82. The molecule has 1 aromatic rings. The van der Waals surface area contributed by atoms with Crippen molar-refractivity contribution in [3.63, 3.8) is 0 Å². The van der Waals surface area contributed by atoms with Crippen molar-refractivity contribution in [3.8, 4) is 0 Å². The molecule has 88 valence electrons. The van der Waals surface area contributed by atoms with Gasteiger partial charge in [-0.3, -0.25) is 0 Å². The zero-order valence-corrected chi connectivity index (χ0v) is 10.0. The van der Waals surface area contributed by atoms with E-state index in [0.717, 1.165) is 5.82 Å². The fourth-order valence-corrected chi connectivity index (χ4v) is 2.46. The maximum absolute atomic E-state index is 9.12. The highest BCUT2D eigenvalue weighted by Crippen LogP contribution is 2.27. The number of aliphatic hydroxyl groups excluding tert-OH is 1. The predicted molar refractivity (Wildman–Crippen MR) is 65.9 cm³/mol. The summed E-state index contributed by atoms with van der Waals surface area (Å²) in [4.78, 5) is 6.52. The van der Waals surface area contributed by atoms with E-state index in [-0.39, 0.29) is 6.61 Å². The second-order valence-electron chi connectivity index (χ2n) is 4.19. The molecular weight excluding hydrogens is 224 g/mol. The number of rotatable bonds is 4. The zero-order chi connectivity index (χ0) is 11.4. The molecular formula is C12H17ClN2O. The Morgan fingerprint density at radius 2 is 2.12 bits per heavy atom. The minimum Gasteiger partial charge on any atom is -0.395 e. The van der Waals surface area contributed by atoms with Gasteiger partial charge in [-0.1, -0.05) is 24.4 Å². The quantitative estimate of drug-likeness (QED) is 0.879. The van der Waals surface area contributed by atoms with Crippen LogP contribution in [0.15, 0.2) is 18.3 Å². The molecule has 0 radical (unpaired) electrons. The van der Waals surface area contributed by atoms with Crippen molar-refractivity contribution in [1.82, 2.24) is 4.98 Å². The lowest BCUT2D eigenvalue weighted by molar-refractivity contribution is 0.297. The van der Waals surface area contributed by atoms with Crippen LogP contribution < -0.4 is 4.90 Å². The normalized spacial score (nSPS) is 16.6. The number of anilines is 1. The number of halogens is 1. The Hall–Kier alpha value is -0.800. The minimum absolute atomic E-state index is 0.167. The summed E-state index contributed by atoms with van der Waals surface area (Å²) in [6.07, 6.45) is 6.62. The van der Waals surface area contributed by atoms with Gasteiger partial charge in [0.25, 0.3) is 0 Å². The van der Waals surface area contributed by atoms with E-state index in [0.29, 0.717) is 17.6 Å². The number of aromatic nitrogens is 1. The first-order chi connectivity index (χ1) is 7.81. The average molecular weight is 241 g/mol. The molecule has 1 fully saturated rings. The second-order valence-corrected chi connectivity index (χ2v) is 4.63. The van der Waals surface area contributed by atoms with Crippen molar-refractivity contribution < 1.29 is 5.11 Å². The van der Waals surface area contributed by atoms with Gasteiger partial charge >= 0.3 is 0 Å². The van der Waals surface area contributed by atoms with E-state index in [1.165, 1.54) is 25.7 Å². The molecule has 1 aliphatic carbocycles. The van der Waals surface area contributed by atoms with Crippen molar-refractivity contribution >= 4 is 17.4 Å². The van der Waals surface area contributed by atoms with Crippen molar-refractivity contribution in [2.45, 2.75) is 31.7 Å². The largest absolute Gasteiger partial charge is 0.395 e. The van der Waals surface area contributed by atoms with Gasteiger partial charge in [-0.2, -0.15) is 0 Å². The molecule has 0 aromatic carbocycles. The van der Waals surface area contributed by atoms with Gasteiger partial charge in [-0.05, 0) is 25.0 Å². The maximum atomic E-state index is 9.12. The lowest BCUT2D eigenvalue weighted by atomic mass is 10.2. The molecule has 1 N–H and O–H groups in total.